The van der Waals surface area contributed by atoms with E-state index in [4.69, 9.17) is 5.73 Å². The van der Waals surface area contributed by atoms with Crippen LogP contribution in [-0.4, -0.2) is 5.91 Å². The largest absolute Gasteiger partial charge is 0.369 e. The van der Waals surface area contributed by atoms with Gasteiger partial charge in [-0.1, -0.05) is 12.2 Å². The van der Waals surface area contributed by atoms with E-state index in [1.165, 1.54) is 0 Å². The second-order valence-corrected chi connectivity index (χ2v) is 3.07. The Morgan fingerprint density at radius 1 is 1.50 bits per heavy atom. The number of rotatable bonds is 1. The standard InChI is InChI=1S/C8H10NO/c9-8(10)7-4-5-1-2-6(7)3-5/h1-2,4-7H,3H2,(H2,9,10). The molecule has 1 fully saturated rings. The number of hydrogen-bond donors (Lipinski definition) is 1. The van der Waals surface area contributed by atoms with Gasteiger partial charge in [-0.3, -0.25) is 4.79 Å². The summed E-state index contributed by atoms with van der Waals surface area (Å²) in [5.41, 5.74) is 5.18. The number of nitrogens with two attached hydrogens (primary N) is 1. The molecule has 1 radical (unpaired) electrons. The summed E-state index contributed by atoms with van der Waals surface area (Å²) in [5, 5.41) is 0. The summed E-state index contributed by atoms with van der Waals surface area (Å²) in [6.45, 7) is 0. The van der Waals surface area contributed by atoms with Crippen molar-refractivity contribution in [3.63, 3.8) is 0 Å². The summed E-state index contributed by atoms with van der Waals surface area (Å²) in [6, 6.07) is 0. The summed E-state index contributed by atoms with van der Waals surface area (Å²) in [7, 11) is 0. The number of primary amides is 1. The van der Waals surface area contributed by atoms with Crippen molar-refractivity contribution in [2.75, 3.05) is 0 Å². The Hall–Kier alpha value is -0.790. The van der Waals surface area contributed by atoms with E-state index >= 15 is 0 Å². The van der Waals surface area contributed by atoms with Crippen molar-refractivity contribution >= 4 is 5.91 Å². The molecule has 0 saturated heterocycles. The highest BCUT2D eigenvalue weighted by molar-refractivity contribution is 5.79. The Labute approximate surface area is 60.1 Å². The minimum atomic E-state index is -0.170. The minimum absolute atomic E-state index is 0.0231. The van der Waals surface area contributed by atoms with E-state index in [9.17, 15) is 4.79 Å². The molecular formula is C8H10NO. The molecule has 10 heavy (non-hydrogen) atoms. The lowest BCUT2D eigenvalue weighted by Crippen LogP contribution is -2.26. The maximum absolute atomic E-state index is 10.7. The van der Waals surface area contributed by atoms with Crippen molar-refractivity contribution in [1.82, 2.24) is 0 Å². The summed E-state index contributed by atoms with van der Waals surface area (Å²) >= 11 is 0. The molecule has 1 amide bonds. The van der Waals surface area contributed by atoms with Crippen LogP contribution in [0.2, 0.25) is 0 Å². The third kappa shape index (κ3) is 0.681. The van der Waals surface area contributed by atoms with E-state index in [0.29, 0.717) is 11.8 Å². The van der Waals surface area contributed by atoms with Gasteiger partial charge in [0.15, 0.2) is 0 Å². The zero-order valence-corrected chi connectivity index (χ0v) is 5.66. The van der Waals surface area contributed by atoms with Gasteiger partial charge in [-0.15, -0.1) is 0 Å². The third-order valence-electron chi connectivity index (χ3n) is 2.39. The molecule has 2 nitrogen and oxygen atoms in total. The van der Waals surface area contributed by atoms with Crippen molar-refractivity contribution < 1.29 is 4.79 Å². The Balaban J connectivity index is 2.16. The lowest BCUT2D eigenvalue weighted by Gasteiger charge is -2.12. The first kappa shape index (κ1) is 5.96. The summed E-state index contributed by atoms with van der Waals surface area (Å²) in [4.78, 5) is 10.7. The second kappa shape index (κ2) is 1.84. The van der Waals surface area contributed by atoms with Crippen LogP contribution in [0.25, 0.3) is 0 Å². The van der Waals surface area contributed by atoms with Crippen LogP contribution in [0, 0.1) is 24.2 Å². The zero-order valence-electron chi connectivity index (χ0n) is 5.66. The molecule has 2 aliphatic rings. The van der Waals surface area contributed by atoms with Gasteiger partial charge < -0.3 is 5.73 Å². The average Bonchev–Trinajstić information content (AvgIpc) is 2.44. The highest BCUT2D eigenvalue weighted by Gasteiger charge is 2.38. The first-order valence-electron chi connectivity index (χ1n) is 3.60. The quantitative estimate of drug-likeness (QED) is 0.524. The molecule has 0 spiro atoms. The highest BCUT2D eigenvalue weighted by atomic mass is 16.1. The lowest BCUT2D eigenvalue weighted by atomic mass is 9.93. The van der Waals surface area contributed by atoms with Crippen LogP contribution in [0.3, 0.4) is 0 Å². The molecule has 0 aromatic rings. The topological polar surface area (TPSA) is 43.1 Å². The number of fused-ring (bicyclic) bond motifs is 2. The van der Waals surface area contributed by atoms with Crippen molar-refractivity contribution in [3.05, 3.63) is 18.6 Å². The van der Waals surface area contributed by atoms with Crippen LogP contribution >= 0.6 is 0 Å². The normalized spacial score (nSPS) is 42.6. The van der Waals surface area contributed by atoms with Gasteiger partial charge in [-0.05, 0) is 24.7 Å². The van der Waals surface area contributed by atoms with Gasteiger partial charge in [-0.25, -0.2) is 0 Å². The molecule has 2 heteroatoms. The maximum Gasteiger partial charge on any atom is 0.221 e. The molecule has 2 N–H and O–H groups in total. The first-order chi connectivity index (χ1) is 4.77. The molecule has 2 rings (SSSR count). The number of allylic oxidation sites excluding steroid dienone is 2. The fourth-order valence-electron chi connectivity index (χ4n) is 1.88. The Bertz CT molecular complexity index is 197. The Morgan fingerprint density at radius 3 is 2.60 bits per heavy atom. The van der Waals surface area contributed by atoms with Gasteiger partial charge in [0.05, 0.1) is 0 Å². The fraction of sp³-hybridized carbons (Fsp3) is 0.500. The molecule has 0 aromatic carbocycles. The number of amides is 1. The van der Waals surface area contributed by atoms with Crippen LogP contribution < -0.4 is 5.73 Å². The van der Waals surface area contributed by atoms with Gasteiger partial charge in [0.25, 0.3) is 0 Å². The first-order valence-corrected chi connectivity index (χ1v) is 3.60. The number of hydrogen-bond acceptors (Lipinski definition) is 1. The van der Waals surface area contributed by atoms with Crippen LogP contribution in [0.15, 0.2) is 12.2 Å². The molecule has 0 aromatic heterocycles. The molecule has 1 saturated carbocycles. The van der Waals surface area contributed by atoms with Crippen molar-refractivity contribution in [3.8, 4) is 0 Å². The van der Waals surface area contributed by atoms with E-state index in [0.717, 1.165) is 6.42 Å². The Morgan fingerprint density at radius 2 is 2.30 bits per heavy atom. The van der Waals surface area contributed by atoms with Gasteiger partial charge in [0.2, 0.25) is 5.91 Å². The smallest absolute Gasteiger partial charge is 0.221 e. The molecule has 2 bridgehead atoms. The predicted octanol–water partition coefficient (Wildman–Crippen LogP) is 0.498. The summed E-state index contributed by atoms with van der Waals surface area (Å²) in [6.07, 6.45) is 7.44. The zero-order chi connectivity index (χ0) is 7.14. The van der Waals surface area contributed by atoms with E-state index in [1.807, 2.05) is 0 Å². The SMILES string of the molecule is NC(=O)C1[CH]C2C=CC1C2. The molecule has 3 atom stereocenters. The predicted molar refractivity (Wildman–Crippen MR) is 37.7 cm³/mol. The van der Waals surface area contributed by atoms with Gasteiger partial charge in [0, 0.05) is 5.92 Å². The number of carbonyl (C=O) groups excluding carboxylic acids is 1. The van der Waals surface area contributed by atoms with Crippen molar-refractivity contribution in [1.29, 1.82) is 0 Å². The summed E-state index contributed by atoms with van der Waals surface area (Å²) < 4.78 is 0. The van der Waals surface area contributed by atoms with Gasteiger partial charge >= 0.3 is 0 Å². The van der Waals surface area contributed by atoms with Crippen LogP contribution in [0.5, 0.6) is 0 Å². The fourth-order valence-corrected chi connectivity index (χ4v) is 1.88. The lowest BCUT2D eigenvalue weighted by molar-refractivity contribution is -0.121. The monoisotopic (exact) mass is 136 g/mol. The van der Waals surface area contributed by atoms with Gasteiger partial charge in [0.1, 0.15) is 0 Å². The van der Waals surface area contributed by atoms with Crippen LogP contribution in [0.1, 0.15) is 6.42 Å². The second-order valence-electron chi connectivity index (χ2n) is 3.07. The van der Waals surface area contributed by atoms with Crippen molar-refractivity contribution in [2.24, 2.45) is 23.5 Å². The van der Waals surface area contributed by atoms with Crippen LogP contribution in [0.4, 0.5) is 0 Å². The summed E-state index contributed by atoms with van der Waals surface area (Å²) in [5.74, 6) is 0.803. The molecule has 2 aliphatic carbocycles. The van der Waals surface area contributed by atoms with Gasteiger partial charge in [-0.2, -0.15) is 0 Å². The van der Waals surface area contributed by atoms with E-state index in [-0.39, 0.29) is 11.8 Å². The van der Waals surface area contributed by atoms with Crippen molar-refractivity contribution in [2.45, 2.75) is 6.42 Å². The number of carbonyl (C=O) groups is 1. The third-order valence-corrected chi connectivity index (χ3v) is 2.39. The average molecular weight is 136 g/mol. The minimum Gasteiger partial charge on any atom is -0.369 e. The maximum atomic E-state index is 10.7. The molecular weight excluding hydrogens is 126 g/mol. The molecule has 53 valence electrons. The highest BCUT2D eigenvalue weighted by Crippen LogP contribution is 2.42. The molecule has 3 unspecified atom stereocenters. The van der Waals surface area contributed by atoms with E-state index in [2.05, 4.69) is 18.6 Å². The van der Waals surface area contributed by atoms with E-state index in [1.54, 1.807) is 0 Å². The Kier molecular flexibility index (Phi) is 1.10. The van der Waals surface area contributed by atoms with E-state index < -0.39 is 0 Å². The molecule has 0 aliphatic heterocycles. The molecule has 0 heterocycles. The van der Waals surface area contributed by atoms with Crippen LogP contribution in [-0.2, 0) is 4.79 Å².